The predicted octanol–water partition coefficient (Wildman–Crippen LogP) is 3.39. The van der Waals surface area contributed by atoms with Crippen molar-refractivity contribution in [1.82, 2.24) is 0 Å². The molecule has 100 valence electrons. The van der Waals surface area contributed by atoms with Crippen LogP contribution in [0.5, 0.6) is 0 Å². The molecule has 2 atom stereocenters. The number of hydrogen-bond donors (Lipinski definition) is 1. The average molecular weight is 250 g/mol. The van der Waals surface area contributed by atoms with Crippen molar-refractivity contribution in [2.45, 2.75) is 39.7 Å². The van der Waals surface area contributed by atoms with Crippen molar-refractivity contribution >= 4 is 5.69 Å². The molecule has 0 aromatic heterocycles. The maximum Gasteiger partial charge on any atom is 0.126 e. The molecule has 1 aromatic carbocycles. The minimum absolute atomic E-state index is 0.132. The van der Waals surface area contributed by atoms with Gasteiger partial charge in [0.25, 0.3) is 0 Å². The largest absolute Gasteiger partial charge is 0.371 e. The van der Waals surface area contributed by atoms with Crippen molar-refractivity contribution in [2.75, 3.05) is 18.0 Å². The Bertz CT molecular complexity index is 429. The Morgan fingerprint density at radius 3 is 2.78 bits per heavy atom. The lowest BCUT2D eigenvalue weighted by atomic mass is 9.96. The van der Waals surface area contributed by atoms with Gasteiger partial charge in [0.15, 0.2) is 0 Å². The third kappa shape index (κ3) is 2.66. The normalized spacial score (nSPS) is 22.1. The van der Waals surface area contributed by atoms with Crippen molar-refractivity contribution in [3.8, 4) is 0 Å². The van der Waals surface area contributed by atoms with E-state index in [0.29, 0.717) is 11.5 Å². The summed E-state index contributed by atoms with van der Waals surface area (Å²) in [5, 5.41) is 0. The van der Waals surface area contributed by atoms with E-state index in [-0.39, 0.29) is 11.9 Å². The van der Waals surface area contributed by atoms with Crippen LogP contribution in [0.25, 0.3) is 0 Å². The SMILES string of the molecule is Cc1cc(N2CCCC(C)C2)c([C@@H](C)N)cc1F. The molecule has 2 nitrogen and oxygen atoms in total. The fourth-order valence-electron chi connectivity index (χ4n) is 2.73. The van der Waals surface area contributed by atoms with E-state index < -0.39 is 0 Å². The smallest absolute Gasteiger partial charge is 0.126 e. The Morgan fingerprint density at radius 2 is 2.17 bits per heavy atom. The quantitative estimate of drug-likeness (QED) is 0.871. The van der Waals surface area contributed by atoms with E-state index in [2.05, 4.69) is 11.8 Å². The maximum atomic E-state index is 13.7. The zero-order valence-electron chi connectivity index (χ0n) is 11.5. The number of anilines is 1. The molecular weight excluding hydrogens is 227 g/mol. The van der Waals surface area contributed by atoms with Crippen LogP contribution in [0.4, 0.5) is 10.1 Å². The first-order valence-electron chi connectivity index (χ1n) is 6.79. The van der Waals surface area contributed by atoms with Crippen LogP contribution in [0.15, 0.2) is 12.1 Å². The topological polar surface area (TPSA) is 29.3 Å². The number of benzene rings is 1. The number of nitrogens with zero attached hydrogens (tertiary/aromatic N) is 1. The van der Waals surface area contributed by atoms with Crippen molar-refractivity contribution in [2.24, 2.45) is 11.7 Å². The monoisotopic (exact) mass is 250 g/mol. The second kappa shape index (κ2) is 5.27. The maximum absolute atomic E-state index is 13.7. The number of hydrogen-bond acceptors (Lipinski definition) is 2. The molecule has 2 N–H and O–H groups in total. The van der Waals surface area contributed by atoms with Gasteiger partial charge in [0.05, 0.1) is 0 Å². The first-order chi connectivity index (χ1) is 8.49. The second-order valence-electron chi connectivity index (χ2n) is 5.64. The van der Waals surface area contributed by atoms with E-state index in [1.54, 1.807) is 6.07 Å². The zero-order chi connectivity index (χ0) is 13.3. The minimum atomic E-state index is -0.156. The van der Waals surface area contributed by atoms with Crippen LogP contribution in [0.1, 0.15) is 43.9 Å². The molecule has 2 rings (SSSR count). The van der Waals surface area contributed by atoms with Crippen molar-refractivity contribution < 1.29 is 4.39 Å². The number of piperidine rings is 1. The van der Waals surface area contributed by atoms with Crippen LogP contribution in [-0.2, 0) is 0 Å². The standard InChI is InChI=1S/C15H23FN2/c1-10-5-4-6-18(9-10)15-7-11(2)14(16)8-13(15)12(3)17/h7-8,10,12H,4-6,9,17H2,1-3H3/t10?,12-/m1/s1. The molecule has 1 aliphatic heterocycles. The van der Waals surface area contributed by atoms with Gasteiger partial charge >= 0.3 is 0 Å². The van der Waals surface area contributed by atoms with Crippen LogP contribution in [0.3, 0.4) is 0 Å². The molecule has 0 saturated carbocycles. The molecule has 0 amide bonds. The minimum Gasteiger partial charge on any atom is -0.371 e. The summed E-state index contributed by atoms with van der Waals surface area (Å²) in [6, 6.07) is 3.42. The van der Waals surface area contributed by atoms with E-state index in [1.165, 1.54) is 12.8 Å². The van der Waals surface area contributed by atoms with Crippen LogP contribution in [-0.4, -0.2) is 13.1 Å². The summed E-state index contributed by atoms with van der Waals surface area (Å²) in [4.78, 5) is 2.36. The summed E-state index contributed by atoms with van der Waals surface area (Å²) in [6.45, 7) is 8.10. The van der Waals surface area contributed by atoms with Gasteiger partial charge < -0.3 is 10.6 Å². The summed E-state index contributed by atoms with van der Waals surface area (Å²) >= 11 is 0. The Labute approximate surface area is 109 Å². The van der Waals surface area contributed by atoms with Crippen molar-refractivity contribution in [3.63, 3.8) is 0 Å². The van der Waals surface area contributed by atoms with Crippen LogP contribution in [0, 0.1) is 18.7 Å². The molecule has 1 aliphatic rings. The first-order valence-corrected chi connectivity index (χ1v) is 6.79. The summed E-state index contributed by atoms with van der Waals surface area (Å²) < 4.78 is 13.7. The summed E-state index contributed by atoms with van der Waals surface area (Å²) in [6.07, 6.45) is 2.49. The lowest BCUT2D eigenvalue weighted by Gasteiger charge is -2.35. The number of halogens is 1. The first kappa shape index (κ1) is 13.3. The zero-order valence-corrected chi connectivity index (χ0v) is 11.5. The van der Waals surface area contributed by atoms with Crippen LogP contribution in [0.2, 0.25) is 0 Å². The van der Waals surface area contributed by atoms with Crippen molar-refractivity contribution in [3.05, 3.63) is 29.1 Å². The van der Waals surface area contributed by atoms with E-state index in [1.807, 2.05) is 19.9 Å². The lowest BCUT2D eigenvalue weighted by molar-refractivity contribution is 0.445. The van der Waals surface area contributed by atoms with Gasteiger partial charge in [-0.25, -0.2) is 4.39 Å². The molecular formula is C15H23FN2. The Kier molecular flexibility index (Phi) is 3.91. The molecule has 0 spiro atoms. The summed E-state index contributed by atoms with van der Waals surface area (Å²) in [5.74, 6) is 0.543. The van der Waals surface area contributed by atoms with Gasteiger partial charge in [-0.05, 0) is 55.9 Å². The molecule has 1 unspecified atom stereocenters. The van der Waals surface area contributed by atoms with Crippen molar-refractivity contribution in [1.29, 1.82) is 0 Å². The molecule has 1 saturated heterocycles. The molecule has 0 aliphatic carbocycles. The number of rotatable bonds is 2. The van der Waals surface area contributed by atoms with Gasteiger partial charge in [-0.3, -0.25) is 0 Å². The Hall–Kier alpha value is -1.09. The van der Waals surface area contributed by atoms with E-state index >= 15 is 0 Å². The highest BCUT2D eigenvalue weighted by Gasteiger charge is 2.21. The van der Waals surface area contributed by atoms with Gasteiger partial charge in [-0.2, -0.15) is 0 Å². The van der Waals surface area contributed by atoms with Crippen LogP contribution < -0.4 is 10.6 Å². The average Bonchev–Trinajstić information content (AvgIpc) is 2.31. The fraction of sp³-hybridized carbons (Fsp3) is 0.600. The molecule has 3 heteroatoms. The second-order valence-corrected chi connectivity index (χ2v) is 5.64. The predicted molar refractivity (Wildman–Crippen MR) is 74.4 cm³/mol. The lowest BCUT2D eigenvalue weighted by Crippen LogP contribution is -2.35. The van der Waals surface area contributed by atoms with E-state index in [9.17, 15) is 4.39 Å². The number of nitrogens with two attached hydrogens (primary N) is 1. The molecule has 1 aromatic rings. The third-order valence-corrected chi connectivity index (χ3v) is 3.80. The van der Waals surface area contributed by atoms with E-state index in [4.69, 9.17) is 5.73 Å². The van der Waals surface area contributed by atoms with E-state index in [0.717, 1.165) is 24.3 Å². The highest BCUT2D eigenvalue weighted by molar-refractivity contribution is 5.57. The van der Waals surface area contributed by atoms with Gasteiger partial charge in [0.2, 0.25) is 0 Å². The Balaban J connectivity index is 2.38. The fourth-order valence-corrected chi connectivity index (χ4v) is 2.73. The molecule has 1 heterocycles. The molecule has 18 heavy (non-hydrogen) atoms. The molecule has 0 radical (unpaired) electrons. The van der Waals surface area contributed by atoms with Gasteiger partial charge in [-0.1, -0.05) is 6.92 Å². The molecule has 0 bridgehead atoms. The third-order valence-electron chi connectivity index (χ3n) is 3.80. The highest BCUT2D eigenvalue weighted by Crippen LogP contribution is 2.31. The highest BCUT2D eigenvalue weighted by atomic mass is 19.1. The van der Waals surface area contributed by atoms with Gasteiger partial charge in [0.1, 0.15) is 5.82 Å². The summed E-state index contributed by atoms with van der Waals surface area (Å²) in [7, 11) is 0. The van der Waals surface area contributed by atoms with Gasteiger partial charge in [-0.15, -0.1) is 0 Å². The summed E-state index contributed by atoms with van der Waals surface area (Å²) in [5.41, 5.74) is 8.73. The molecule has 1 fully saturated rings. The van der Waals surface area contributed by atoms with Gasteiger partial charge in [0, 0.05) is 24.8 Å². The van der Waals surface area contributed by atoms with Crippen LogP contribution >= 0.6 is 0 Å². The Morgan fingerprint density at radius 1 is 1.44 bits per heavy atom. The number of aryl methyl sites for hydroxylation is 1.